The van der Waals surface area contributed by atoms with Crippen molar-refractivity contribution in [1.29, 1.82) is 0 Å². The molecule has 0 spiro atoms. The van der Waals surface area contributed by atoms with E-state index in [1.807, 2.05) is 35.7 Å². The van der Waals surface area contributed by atoms with Crippen LogP contribution in [0.15, 0.2) is 23.6 Å². The lowest BCUT2D eigenvalue weighted by Gasteiger charge is -1.86. The minimum absolute atomic E-state index is 0.710. The predicted octanol–water partition coefficient (Wildman–Crippen LogP) is 3.97. The minimum Gasteiger partial charge on any atom is -0.237 e. The summed E-state index contributed by atoms with van der Waals surface area (Å²) in [4.78, 5) is 4.48. The van der Waals surface area contributed by atoms with Crippen molar-refractivity contribution in [2.45, 2.75) is 0 Å². The maximum absolute atomic E-state index is 5.92. The first-order valence-electron chi connectivity index (χ1n) is 4.82. The second-order valence-electron chi connectivity index (χ2n) is 3.33. The molecule has 3 rings (SSSR count). The van der Waals surface area contributed by atoms with E-state index in [9.17, 15) is 0 Å². The molecule has 0 saturated carbocycles. The van der Waals surface area contributed by atoms with Gasteiger partial charge < -0.3 is 0 Å². The molecule has 84 valence electrons. The number of aromatic nitrogens is 3. The van der Waals surface area contributed by atoms with E-state index in [0.717, 1.165) is 20.9 Å². The summed E-state index contributed by atoms with van der Waals surface area (Å²) in [6, 6.07) is 5.73. The van der Waals surface area contributed by atoms with Gasteiger partial charge in [-0.1, -0.05) is 16.1 Å². The van der Waals surface area contributed by atoms with Crippen molar-refractivity contribution in [2.24, 2.45) is 0 Å². The van der Waals surface area contributed by atoms with Gasteiger partial charge in [0.25, 0.3) is 0 Å². The van der Waals surface area contributed by atoms with E-state index >= 15 is 0 Å². The minimum atomic E-state index is 0.710. The maximum atomic E-state index is 5.92. The van der Waals surface area contributed by atoms with E-state index < -0.39 is 0 Å². The topological polar surface area (TPSA) is 38.7 Å². The van der Waals surface area contributed by atoms with Gasteiger partial charge >= 0.3 is 0 Å². The number of fused-ring (bicyclic) bond motifs is 1. The van der Waals surface area contributed by atoms with E-state index in [4.69, 9.17) is 11.6 Å². The van der Waals surface area contributed by atoms with Crippen LogP contribution in [0.4, 0.5) is 0 Å². The molecule has 0 aliphatic heterocycles. The van der Waals surface area contributed by atoms with Crippen molar-refractivity contribution in [3.63, 3.8) is 0 Å². The van der Waals surface area contributed by atoms with Gasteiger partial charge in [0.15, 0.2) is 0 Å². The summed E-state index contributed by atoms with van der Waals surface area (Å²) in [5, 5.41) is 7.48. The second kappa shape index (κ2) is 4.52. The van der Waals surface area contributed by atoms with Gasteiger partial charge in [-0.05, 0) is 41.9 Å². The molecule has 0 unspecified atom stereocenters. The molecule has 0 radical (unpaired) electrons. The Morgan fingerprint density at radius 1 is 1.24 bits per heavy atom. The fraction of sp³-hybridized carbons (Fsp3) is 0. The Morgan fingerprint density at radius 2 is 2.18 bits per heavy atom. The summed E-state index contributed by atoms with van der Waals surface area (Å²) in [7, 11) is 0. The molecule has 0 aliphatic rings. The predicted molar refractivity (Wildman–Crippen MR) is 73.5 cm³/mol. The molecule has 0 N–H and O–H groups in total. The zero-order valence-corrected chi connectivity index (χ0v) is 10.9. The Kier molecular flexibility index (Phi) is 2.88. The summed E-state index contributed by atoms with van der Waals surface area (Å²) in [5.74, 6) is 0. The van der Waals surface area contributed by atoms with E-state index in [0.29, 0.717) is 5.02 Å². The molecule has 3 nitrogen and oxygen atoms in total. The third-order valence-electron chi connectivity index (χ3n) is 2.14. The summed E-state index contributed by atoms with van der Waals surface area (Å²) in [6.45, 7) is 0. The number of benzene rings is 1. The van der Waals surface area contributed by atoms with Crippen LogP contribution in [0, 0.1) is 0 Å². The normalized spacial score (nSPS) is 11.6. The van der Waals surface area contributed by atoms with Gasteiger partial charge in [-0.15, -0.1) is 16.4 Å². The van der Waals surface area contributed by atoms with Crippen LogP contribution >= 0.6 is 34.5 Å². The molecule has 0 fully saturated rings. The van der Waals surface area contributed by atoms with Crippen molar-refractivity contribution >= 4 is 56.8 Å². The van der Waals surface area contributed by atoms with Crippen LogP contribution in [0.1, 0.15) is 10.7 Å². The SMILES string of the molecule is Clc1ccc2sc(/C=C/c3csnn3)nc2c1. The van der Waals surface area contributed by atoms with Crippen molar-refractivity contribution in [3.8, 4) is 0 Å². The lowest BCUT2D eigenvalue weighted by Crippen LogP contribution is -1.72. The third-order valence-corrected chi connectivity index (χ3v) is 3.90. The van der Waals surface area contributed by atoms with Crippen LogP contribution in [0.5, 0.6) is 0 Å². The van der Waals surface area contributed by atoms with Gasteiger partial charge in [0, 0.05) is 10.4 Å². The van der Waals surface area contributed by atoms with Gasteiger partial charge in [-0.3, -0.25) is 0 Å². The summed E-state index contributed by atoms with van der Waals surface area (Å²) >= 11 is 8.88. The summed E-state index contributed by atoms with van der Waals surface area (Å²) < 4.78 is 4.92. The molecular weight excluding hydrogens is 274 g/mol. The molecule has 3 aromatic rings. The Hall–Kier alpha value is -1.30. The highest BCUT2D eigenvalue weighted by Gasteiger charge is 2.01. The average Bonchev–Trinajstić information content (AvgIpc) is 2.94. The molecule has 17 heavy (non-hydrogen) atoms. The Balaban J connectivity index is 1.96. The number of halogens is 1. The highest BCUT2D eigenvalue weighted by Crippen LogP contribution is 2.25. The largest absolute Gasteiger partial charge is 0.237 e. The fourth-order valence-corrected chi connectivity index (χ4v) is 2.83. The zero-order valence-electron chi connectivity index (χ0n) is 8.50. The zero-order chi connectivity index (χ0) is 11.7. The molecule has 2 aromatic heterocycles. The van der Waals surface area contributed by atoms with Crippen LogP contribution in [-0.2, 0) is 0 Å². The molecule has 0 saturated heterocycles. The van der Waals surface area contributed by atoms with Gasteiger partial charge in [-0.25, -0.2) is 4.98 Å². The van der Waals surface area contributed by atoms with Crippen LogP contribution in [0.25, 0.3) is 22.4 Å². The highest BCUT2D eigenvalue weighted by atomic mass is 35.5. The Bertz CT molecular complexity index is 673. The smallest absolute Gasteiger partial charge is 0.117 e. The lowest BCUT2D eigenvalue weighted by atomic mass is 10.3. The fourth-order valence-electron chi connectivity index (χ4n) is 1.39. The number of nitrogens with zero attached hydrogens (tertiary/aromatic N) is 3. The first kappa shape index (κ1) is 10.8. The van der Waals surface area contributed by atoms with Gasteiger partial charge in [0.2, 0.25) is 0 Å². The van der Waals surface area contributed by atoms with E-state index in [-0.39, 0.29) is 0 Å². The molecular formula is C11H6ClN3S2. The second-order valence-corrected chi connectivity index (χ2v) is 5.44. The van der Waals surface area contributed by atoms with Crippen molar-refractivity contribution in [1.82, 2.24) is 14.6 Å². The summed E-state index contributed by atoms with van der Waals surface area (Å²) in [6.07, 6.45) is 3.85. The first-order chi connectivity index (χ1) is 8.31. The summed E-state index contributed by atoms with van der Waals surface area (Å²) in [5.41, 5.74) is 1.78. The van der Waals surface area contributed by atoms with E-state index in [1.165, 1.54) is 11.5 Å². The van der Waals surface area contributed by atoms with Crippen LogP contribution in [0.2, 0.25) is 5.02 Å². The molecule has 0 atom stereocenters. The quantitative estimate of drug-likeness (QED) is 0.712. The van der Waals surface area contributed by atoms with Crippen molar-refractivity contribution in [2.75, 3.05) is 0 Å². The number of hydrogen-bond donors (Lipinski definition) is 0. The molecule has 1 aromatic carbocycles. The van der Waals surface area contributed by atoms with Gasteiger partial charge in [0.05, 0.1) is 15.9 Å². The van der Waals surface area contributed by atoms with Gasteiger partial charge in [-0.2, -0.15) is 0 Å². The molecule has 6 heteroatoms. The molecule has 0 amide bonds. The molecule has 2 heterocycles. The van der Waals surface area contributed by atoms with Crippen molar-refractivity contribution < 1.29 is 0 Å². The number of rotatable bonds is 2. The van der Waals surface area contributed by atoms with Crippen molar-refractivity contribution in [3.05, 3.63) is 39.3 Å². The lowest BCUT2D eigenvalue weighted by molar-refractivity contribution is 1.14. The molecule has 0 bridgehead atoms. The van der Waals surface area contributed by atoms with Crippen LogP contribution in [0.3, 0.4) is 0 Å². The van der Waals surface area contributed by atoms with E-state index in [2.05, 4.69) is 14.6 Å². The highest BCUT2D eigenvalue weighted by molar-refractivity contribution is 7.19. The van der Waals surface area contributed by atoms with Gasteiger partial charge in [0.1, 0.15) is 5.01 Å². The average molecular weight is 280 g/mol. The van der Waals surface area contributed by atoms with Crippen LogP contribution < -0.4 is 0 Å². The maximum Gasteiger partial charge on any atom is 0.117 e. The number of thiazole rings is 1. The Labute approximate surface area is 111 Å². The first-order valence-corrected chi connectivity index (χ1v) is 6.85. The standard InChI is InChI=1S/C11H6ClN3S2/c12-7-1-3-10-9(5-7)13-11(17-10)4-2-8-6-16-15-14-8/h1-6H/b4-2+. The third kappa shape index (κ3) is 2.36. The van der Waals surface area contributed by atoms with E-state index in [1.54, 1.807) is 11.3 Å². The van der Waals surface area contributed by atoms with Crippen LogP contribution in [-0.4, -0.2) is 14.6 Å². The Morgan fingerprint density at radius 3 is 3.00 bits per heavy atom. The number of hydrogen-bond acceptors (Lipinski definition) is 5. The molecule has 0 aliphatic carbocycles. The monoisotopic (exact) mass is 279 g/mol.